The molecule has 724 valence electrons. The monoisotopic (exact) mass is 1730 g/mol. The molecule has 0 aliphatic heterocycles. The second-order valence-electron chi connectivity index (χ2n) is 54.5. The van der Waals surface area contributed by atoms with Gasteiger partial charge in [-0.05, 0) is 396 Å². The zero-order valence-electron chi connectivity index (χ0n) is 89.6. The molecule has 18 unspecified atom stereocenters. The Morgan fingerprint density at radius 1 is 0.264 bits per heavy atom. The van der Waals surface area contributed by atoms with E-state index in [0.29, 0.717) is 87.6 Å². The van der Waals surface area contributed by atoms with Crippen molar-refractivity contribution in [3.8, 4) is 0 Å². The molecule has 0 aromatic rings. The summed E-state index contributed by atoms with van der Waals surface area (Å²) in [7, 11) is 0. The Hall–Kier alpha value is -1.38. The summed E-state index contributed by atoms with van der Waals surface area (Å²) in [5, 5.41) is 20.9. The Morgan fingerprint density at radius 2 is 0.504 bits per heavy atom. The maximum atomic E-state index is 10.5. The number of hydrogen-bond acceptors (Lipinski definition) is 2. The Kier molecular flexibility index (Phi) is 37.9. The van der Waals surface area contributed by atoms with Crippen LogP contribution in [0.15, 0.2) is 60.8 Å². The molecule has 125 heavy (non-hydrogen) atoms. The number of aliphatic hydroxyl groups excluding tert-OH is 2. The lowest BCUT2D eigenvalue weighted by atomic mass is 9.45. The van der Waals surface area contributed by atoms with Gasteiger partial charge in [-0.25, -0.2) is 0 Å². The van der Waals surface area contributed by atoms with E-state index in [1.54, 1.807) is 41.6 Å². The fourth-order valence-corrected chi connectivity index (χ4v) is 37.3. The van der Waals surface area contributed by atoms with E-state index in [1.807, 2.05) is 0 Å². The van der Waals surface area contributed by atoms with Crippen LogP contribution in [-0.2, 0) is 0 Å². The van der Waals surface area contributed by atoms with Crippen molar-refractivity contribution in [2.24, 2.45) is 165 Å². The smallest absolute Gasteiger partial charge is 0.0576 e. The van der Waals surface area contributed by atoms with E-state index in [2.05, 4.69) is 225 Å². The fraction of sp³-hybridized carbons (Fsp3) is 0.919. The minimum Gasteiger partial charge on any atom is -0.393 e. The van der Waals surface area contributed by atoms with Crippen molar-refractivity contribution >= 4 is 0 Å². The molecule has 2 heteroatoms. The first-order valence-corrected chi connectivity index (χ1v) is 56.2. The van der Waals surface area contributed by atoms with Crippen LogP contribution in [0.2, 0.25) is 0 Å². The molecule has 2 nitrogen and oxygen atoms in total. The molecule has 0 heterocycles. The summed E-state index contributed by atoms with van der Waals surface area (Å²) in [6.07, 6.45) is 79.7. The van der Waals surface area contributed by atoms with E-state index in [9.17, 15) is 10.2 Å². The maximum absolute atomic E-state index is 10.5. The Bertz CT molecular complexity index is 3120. The molecule has 15 fully saturated rings. The number of aliphatic hydroxyl groups is 2. The van der Waals surface area contributed by atoms with E-state index >= 15 is 0 Å². The third-order valence-electron chi connectivity index (χ3n) is 43.7. The van der Waals surface area contributed by atoms with Crippen molar-refractivity contribution in [1.82, 2.24) is 0 Å². The molecule has 2 N–H and O–H groups in total. The van der Waals surface area contributed by atoms with E-state index in [1.165, 1.54) is 315 Å². The fourth-order valence-electron chi connectivity index (χ4n) is 37.3. The largest absolute Gasteiger partial charge is 0.393 e. The molecule has 15 aliphatic rings. The number of hydrogen-bond donors (Lipinski definition) is 2. The van der Waals surface area contributed by atoms with Crippen LogP contribution in [0.25, 0.3) is 0 Å². The second-order valence-corrected chi connectivity index (χ2v) is 54.5. The average molecular weight is 1730 g/mol. The van der Waals surface area contributed by atoms with Gasteiger partial charge in [0.2, 0.25) is 0 Å². The van der Waals surface area contributed by atoms with Crippen molar-refractivity contribution in [2.75, 3.05) is 0 Å². The van der Waals surface area contributed by atoms with E-state index < -0.39 is 0 Å². The quantitative estimate of drug-likeness (QED) is 0.143. The molecule has 15 saturated carbocycles. The van der Waals surface area contributed by atoms with Gasteiger partial charge in [-0.2, -0.15) is 0 Å². The van der Waals surface area contributed by atoms with E-state index in [0.717, 1.165) is 96.2 Å². The minimum absolute atomic E-state index is 0.0355. The molecular formula is C123H220O2. The van der Waals surface area contributed by atoms with Gasteiger partial charge in [-0.3, -0.25) is 0 Å². The molecule has 0 bridgehead atoms. The zero-order valence-corrected chi connectivity index (χ0v) is 89.6. The van der Waals surface area contributed by atoms with Gasteiger partial charge in [0.15, 0.2) is 0 Å². The lowest BCUT2D eigenvalue weighted by molar-refractivity contribution is -0.125. The minimum atomic E-state index is -0.0867. The van der Waals surface area contributed by atoms with E-state index in [-0.39, 0.29) is 12.2 Å². The van der Waals surface area contributed by atoms with Gasteiger partial charge < -0.3 is 10.2 Å². The third-order valence-corrected chi connectivity index (χ3v) is 43.7. The first kappa shape index (κ1) is 107. The van der Waals surface area contributed by atoms with Crippen LogP contribution in [0, 0.1) is 165 Å². The summed E-state index contributed by atoms with van der Waals surface area (Å²) in [4.78, 5) is 0. The molecule has 0 spiro atoms. The Morgan fingerprint density at radius 3 is 0.800 bits per heavy atom. The molecule has 0 aromatic carbocycles. The van der Waals surface area contributed by atoms with Crippen molar-refractivity contribution < 1.29 is 10.2 Å². The van der Waals surface area contributed by atoms with Crippen LogP contribution >= 0.6 is 0 Å². The average Bonchev–Trinajstić information content (AvgIpc) is 0.747. The first-order chi connectivity index (χ1) is 58.5. The summed E-state index contributed by atoms with van der Waals surface area (Å²) in [6, 6.07) is 0. The molecule has 0 saturated heterocycles. The van der Waals surface area contributed by atoms with Gasteiger partial charge in [-0.1, -0.05) is 369 Å². The molecule has 15 rings (SSSR count). The van der Waals surface area contributed by atoms with Crippen molar-refractivity contribution in [2.45, 2.75) is 552 Å². The van der Waals surface area contributed by atoms with Gasteiger partial charge in [0, 0.05) is 0 Å². The molecule has 24 atom stereocenters. The van der Waals surface area contributed by atoms with Gasteiger partial charge >= 0.3 is 0 Å². The number of unbranched alkanes of at least 4 members (excludes halogenated alkanes) is 5. The number of rotatable bonds is 17. The summed E-state index contributed by atoms with van der Waals surface area (Å²) < 4.78 is 0. The van der Waals surface area contributed by atoms with Crippen LogP contribution in [0.3, 0.4) is 0 Å². The maximum Gasteiger partial charge on any atom is 0.0576 e. The molecule has 0 radical (unpaired) electrons. The van der Waals surface area contributed by atoms with Crippen LogP contribution in [-0.4, -0.2) is 22.4 Å². The van der Waals surface area contributed by atoms with E-state index in [4.69, 9.17) is 0 Å². The Balaban J connectivity index is 0.000000165. The Labute approximate surface area is 782 Å². The van der Waals surface area contributed by atoms with Crippen molar-refractivity contribution in [3.05, 3.63) is 60.8 Å². The zero-order chi connectivity index (χ0) is 92.4. The predicted octanol–water partition coefficient (Wildman–Crippen LogP) is 38.7. The van der Waals surface area contributed by atoms with Crippen molar-refractivity contribution in [1.29, 1.82) is 0 Å². The second kappa shape index (κ2) is 44.2. The van der Waals surface area contributed by atoms with Crippen LogP contribution in [0.5, 0.6) is 0 Å². The molecule has 15 aliphatic carbocycles. The van der Waals surface area contributed by atoms with Gasteiger partial charge in [0.25, 0.3) is 0 Å². The highest BCUT2D eigenvalue weighted by atomic mass is 16.3. The van der Waals surface area contributed by atoms with Crippen LogP contribution in [0.1, 0.15) is 540 Å². The van der Waals surface area contributed by atoms with Crippen molar-refractivity contribution in [3.63, 3.8) is 0 Å². The highest BCUT2D eigenvalue weighted by Crippen LogP contribution is 2.70. The highest BCUT2D eigenvalue weighted by Gasteiger charge is 2.61. The lowest BCUT2D eigenvalue weighted by Gasteiger charge is -2.60. The first-order valence-electron chi connectivity index (χ1n) is 56.2. The predicted molar refractivity (Wildman–Crippen MR) is 551 cm³/mol. The SMILES string of the molecule is C/C=C/CC1C(O)CCC2C(C)(C)CCCC12C.C=C1CCC2C(C)(C)CCCC2(C)C1CCCC.C=C1CCC2C(C)(C)CCC[C@@]2(C)[C@@H]1CCCC.C=C1CCC2C(C)(C)CCC[C@]2(C)[C@@H]1CCCC.C=C1CCC2C(C)(C)CCC[C@]2(C)[C@H]1CCCC.CC1(C)CCCC2(C)C3CCCCC3CCC12.CCCCC1C(O)CCC2C(C)(C)CCCC12C. The molecule has 0 aromatic heterocycles. The number of allylic oxidation sites excluding steroid dienone is 6. The summed E-state index contributed by atoms with van der Waals surface area (Å²) in [5.74, 6) is 12.7. The van der Waals surface area contributed by atoms with Gasteiger partial charge in [-0.15, -0.1) is 0 Å². The molecular weight excluding hydrogens is 1510 g/mol. The lowest BCUT2D eigenvalue weighted by Crippen LogP contribution is -2.53. The highest BCUT2D eigenvalue weighted by molar-refractivity contribution is 5.21. The molecule has 0 amide bonds. The van der Waals surface area contributed by atoms with Crippen LogP contribution < -0.4 is 0 Å². The van der Waals surface area contributed by atoms with Gasteiger partial charge in [0.05, 0.1) is 12.2 Å². The third kappa shape index (κ3) is 23.7. The summed E-state index contributed by atoms with van der Waals surface area (Å²) in [6.45, 7) is 84.3. The van der Waals surface area contributed by atoms with Gasteiger partial charge in [0.1, 0.15) is 0 Å². The summed E-state index contributed by atoms with van der Waals surface area (Å²) in [5.41, 5.74) is 13.7. The standard InChI is InChI=1S/4C18H32.C17H32O.C17H30O.C17H30/c4*1-6-7-9-15-14(2)10-11-16-17(3,4)12-8-13-18(15,16)5;2*1-5-6-8-13-14(18)9-10-15-16(2,3)11-7-12-17(13,15)4;1-16(2)11-6-12-17(3)14-8-5-4-7-13(14)9-10-15(16)17/h4*15-16H,2,6-13H2,1,3-5H3;13-15,18H,5-12H2,1-4H3;5-6,13-15,18H,7-12H2,1-4H3;13-15H,4-12H2,1-3H3/b;;;;;6-5+;/t2*15-,16?,18+;15-,16?,18-;;;;/m101..../s1. The summed E-state index contributed by atoms with van der Waals surface area (Å²) >= 11 is 0. The van der Waals surface area contributed by atoms with Crippen LogP contribution in [0.4, 0.5) is 0 Å². The topological polar surface area (TPSA) is 40.5 Å². The number of fused-ring (bicyclic) bond motifs is 9. The normalized spacial score (nSPS) is 42.0.